The quantitative estimate of drug-likeness (QED) is 0.616. The number of carbonyl (C=O) groups excluding carboxylic acids is 1. The first-order chi connectivity index (χ1) is 9.83. The molecular formula is C11H13ClN6O2S. The number of hydrogen-bond acceptors (Lipinski definition) is 8. The van der Waals surface area contributed by atoms with Gasteiger partial charge in [-0.2, -0.15) is 24.7 Å². The van der Waals surface area contributed by atoms with E-state index in [1.165, 1.54) is 17.3 Å². The monoisotopic (exact) mass is 328 g/mol. The third-order valence-corrected chi connectivity index (χ3v) is 2.93. The molecule has 0 amide bonds. The number of carbonyl (C=O) groups is 1. The molecule has 0 aromatic carbocycles. The standard InChI is InChI=1S/C11H13ClN6O2S/c1-11(2,3)20-7(19)4-21-10-16-8(12)15-9(17-10)18-6-13-5-14-18/h5-6H,4H2,1-3H3. The maximum absolute atomic E-state index is 11.7. The molecule has 8 nitrogen and oxygen atoms in total. The molecular weight excluding hydrogens is 316 g/mol. The summed E-state index contributed by atoms with van der Waals surface area (Å²) in [6.07, 6.45) is 2.79. The van der Waals surface area contributed by atoms with Crippen molar-refractivity contribution in [3.8, 4) is 5.95 Å². The van der Waals surface area contributed by atoms with Crippen molar-refractivity contribution in [2.45, 2.75) is 31.5 Å². The zero-order valence-electron chi connectivity index (χ0n) is 11.6. The van der Waals surface area contributed by atoms with Gasteiger partial charge < -0.3 is 4.74 Å². The molecule has 0 saturated carbocycles. The van der Waals surface area contributed by atoms with Crippen LogP contribution in [0.15, 0.2) is 17.8 Å². The maximum Gasteiger partial charge on any atom is 0.316 e. The highest BCUT2D eigenvalue weighted by Crippen LogP contribution is 2.17. The molecule has 2 aromatic rings. The molecule has 2 rings (SSSR count). The van der Waals surface area contributed by atoms with Crippen LogP contribution in [0.1, 0.15) is 20.8 Å². The molecule has 0 atom stereocenters. The maximum atomic E-state index is 11.7. The molecule has 2 aromatic heterocycles. The van der Waals surface area contributed by atoms with E-state index in [-0.39, 0.29) is 23.0 Å². The second-order valence-electron chi connectivity index (χ2n) is 4.90. The molecule has 0 aliphatic rings. The van der Waals surface area contributed by atoms with Gasteiger partial charge in [0.2, 0.25) is 5.28 Å². The number of esters is 1. The van der Waals surface area contributed by atoms with Crippen LogP contribution in [0.25, 0.3) is 5.95 Å². The first-order valence-corrected chi connectivity index (χ1v) is 7.31. The first-order valence-electron chi connectivity index (χ1n) is 5.95. The Balaban J connectivity index is 2.06. The van der Waals surface area contributed by atoms with Gasteiger partial charge in [-0.1, -0.05) is 11.8 Å². The number of thioether (sulfide) groups is 1. The van der Waals surface area contributed by atoms with Gasteiger partial charge in [0.1, 0.15) is 18.3 Å². The number of hydrogen-bond donors (Lipinski definition) is 0. The van der Waals surface area contributed by atoms with Crippen molar-refractivity contribution in [2.24, 2.45) is 0 Å². The molecule has 0 aliphatic carbocycles. The van der Waals surface area contributed by atoms with E-state index in [1.54, 1.807) is 20.8 Å². The summed E-state index contributed by atoms with van der Waals surface area (Å²) < 4.78 is 6.55. The number of ether oxygens (including phenoxy) is 1. The third kappa shape index (κ3) is 4.94. The summed E-state index contributed by atoms with van der Waals surface area (Å²) in [7, 11) is 0. The van der Waals surface area contributed by atoms with Crippen LogP contribution in [0.2, 0.25) is 5.28 Å². The predicted molar refractivity (Wildman–Crippen MR) is 76.3 cm³/mol. The molecule has 0 unspecified atom stereocenters. The van der Waals surface area contributed by atoms with E-state index in [0.717, 1.165) is 11.8 Å². The summed E-state index contributed by atoms with van der Waals surface area (Å²) in [4.78, 5) is 27.5. The Bertz CT molecular complexity index is 628. The van der Waals surface area contributed by atoms with Gasteiger partial charge in [-0.05, 0) is 32.4 Å². The van der Waals surface area contributed by atoms with Crippen LogP contribution in [0.3, 0.4) is 0 Å². The van der Waals surface area contributed by atoms with Crippen LogP contribution in [0.5, 0.6) is 0 Å². The molecule has 10 heteroatoms. The van der Waals surface area contributed by atoms with Crippen molar-refractivity contribution in [3.63, 3.8) is 0 Å². The second-order valence-corrected chi connectivity index (χ2v) is 6.18. The van der Waals surface area contributed by atoms with E-state index >= 15 is 0 Å². The van der Waals surface area contributed by atoms with Crippen LogP contribution in [0, 0.1) is 0 Å². The van der Waals surface area contributed by atoms with E-state index in [4.69, 9.17) is 16.3 Å². The number of halogens is 1. The van der Waals surface area contributed by atoms with E-state index in [1.807, 2.05) is 0 Å². The highest BCUT2D eigenvalue weighted by molar-refractivity contribution is 7.99. The highest BCUT2D eigenvalue weighted by Gasteiger charge is 2.17. The van der Waals surface area contributed by atoms with Crippen LogP contribution >= 0.6 is 23.4 Å². The van der Waals surface area contributed by atoms with E-state index in [0.29, 0.717) is 5.16 Å². The van der Waals surface area contributed by atoms with Gasteiger partial charge in [-0.25, -0.2) is 4.98 Å². The minimum Gasteiger partial charge on any atom is -0.459 e. The summed E-state index contributed by atoms with van der Waals surface area (Å²) in [6.45, 7) is 5.41. The van der Waals surface area contributed by atoms with E-state index in [2.05, 4.69) is 25.0 Å². The van der Waals surface area contributed by atoms with Crippen molar-refractivity contribution in [1.29, 1.82) is 0 Å². The lowest BCUT2D eigenvalue weighted by Crippen LogP contribution is -2.25. The zero-order chi connectivity index (χ0) is 15.5. The SMILES string of the molecule is CC(C)(C)OC(=O)CSc1nc(Cl)nc(-n2cncn2)n1. The second kappa shape index (κ2) is 6.35. The van der Waals surface area contributed by atoms with Gasteiger partial charge in [0.05, 0.1) is 5.75 Å². The van der Waals surface area contributed by atoms with E-state index in [9.17, 15) is 4.79 Å². The van der Waals surface area contributed by atoms with E-state index < -0.39 is 5.60 Å². The molecule has 0 radical (unpaired) electrons. The Morgan fingerprint density at radius 3 is 2.76 bits per heavy atom. The van der Waals surface area contributed by atoms with Gasteiger partial charge in [0, 0.05) is 0 Å². The fourth-order valence-electron chi connectivity index (χ4n) is 1.29. The molecule has 0 bridgehead atoms. The average molecular weight is 329 g/mol. The molecule has 21 heavy (non-hydrogen) atoms. The van der Waals surface area contributed by atoms with Crippen LogP contribution in [-0.4, -0.2) is 47.0 Å². The zero-order valence-corrected chi connectivity index (χ0v) is 13.2. The lowest BCUT2D eigenvalue weighted by atomic mass is 10.2. The molecule has 0 saturated heterocycles. The highest BCUT2D eigenvalue weighted by atomic mass is 35.5. The number of aromatic nitrogens is 6. The third-order valence-electron chi connectivity index (χ3n) is 1.94. The summed E-state index contributed by atoms with van der Waals surface area (Å²) in [5, 5.41) is 4.23. The summed E-state index contributed by atoms with van der Waals surface area (Å²) in [5.41, 5.74) is -0.528. The Labute approximate surface area is 130 Å². The van der Waals surface area contributed by atoms with Gasteiger partial charge in [-0.3, -0.25) is 4.79 Å². The van der Waals surface area contributed by atoms with Gasteiger partial charge in [0.15, 0.2) is 5.16 Å². The fourth-order valence-corrected chi connectivity index (χ4v) is 2.10. The average Bonchev–Trinajstić information content (AvgIpc) is 2.87. The Hall–Kier alpha value is -1.74. The first kappa shape index (κ1) is 15.6. The minimum atomic E-state index is -0.528. The minimum absolute atomic E-state index is 0.0159. The summed E-state index contributed by atoms with van der Waals surface area (Å²) in [6, 6.07) is 0. The molecule has 0 aliphatic heterocycles. The predicted octanol–water partition coefficient (Wildman–Crippen LogP) is 1.54. The normalized spacial score (nSPS) is 11.4. The number of rotatable bonds is 4. The van der Waals surface area contributed by atoms with Crippen molar-refractivity contribution in [2.75, 3.05) is 5.75 Å². The molecule has 112 valence electrons. The number of nitrogens with zero attached hydrogens (tertiary/aromatic N) is 6. The molecule has 0 N–H and O–H groups in total. The van der Waals surface area contributed by atoms with Crippen molar-refractivity contribution >= 4 is 29.3 Å². The largest absolute Gasteiger partial charge is 0.459 e. The Morgan fingerprint density at radius 1 is 1.38 bits per heavy atom. The van der Waals surface area contributed by atoms with Crippen LogP contribution in [-0.2, 0) is 9.53 Å². The van der Waals surface area contributed by atoms with Gasteiger partial charge in [0.25, 0.3) is 5.95 Å². The van der Waals surface area contributed by atoms with Crippen LogP contribution in [0.4, 0.5) is 0 Å². The molecule has 0 spiro atoms. The van der Waals surface area contributed by atoms with Crippen LogP contribution < -0.4 is 0 Å². The lowest BCUT2D eigenvalue weighted by molar-refractivity contribution is -0.151. The molecule has 2 heterocycles. The molecule has 0 fully saturated rings. The topological polar surface area (TPSA) is 95.7 Å². The Kier molecular flexibility index (Phi) is 4.73. The lowest BCUT2D eigenvalue weighted by Gasteiger charge is -2.19. The smallest absolute Gasteiger partial charge is 0.316 e. The summed E-state index contributed by atoms with van der Waals surface area (Å²) >= 11 is 6.95. The van der Waals surface area contributed by atoms with Crippen molar-refractivity contribution < 1.29 is 9.53 Å². The fraction of sp³-hybridized carbons (Fsp3) is 0.455. The van der Waals surface area contributed by atoms with Gasteiger partial charge >= 0.3 is 5.97 Å². The summed E-state index contributed by atoms with van der Waals surface area (Å²) in [5.74, 6) is -0.0421. The van der Waals surface area contributed by atoms with Crippen molar-refractivity contribution in [1.82, 2.24) is 29.7 Å². The van der Waals surface area contributed by atoms with Crippen molar-refractivity contribution in [3.05, 3.63) is 17.9 Å². The van der Waals surface area contributed by atoms with Gasteiger partial charge in [-0.15, -0.1) is 0 Å². The Morgan fingerprint density at radius 2 is 2.14 bits per heavy atom.